The van der Waals surface area contributed by atoms with Crippen LogP contribution >= 0.6 is 0 Å². The summed E-state index contributed by atoms with van der Waals surface area (Å²) in [7, 11) is -0.536. The minimum absolute atomic E-state index is 0.147. The molecule has 0 unspecified atom stereocenters. The normalized spacial score (nSPS) is 17.4. The Balaban J connectivity index is 1.68. The number of rotatable bonds is 7. The van der Waals surface area contributed by atoms with Crippen LogP contribution in [0, 0.1) is 12.8 Å². The summed E-state index contributed by atoms with van der Waals surface area (Å²) in [5.41, 5.74) is 1.63. The van der Waals surface area contributed by atoms with E-state index in [9.17, 15) is 13.2 Å². The van der Waals surface area contributed by atoms with Gasteiger partial charge in [0.1, 0.15) is 11.5 Å². The third-order valence-electron chi connectivity index (χ3n) is 5.40. The van der Waals surface area contributed by atoms with Crippen molar-refractivity contribution in [2.24, 2.45) is 5.92 Å². The van der Waals surface area contributed by atoms with Gasteiger partial charge in [-0.15, -0.1) is 0 Å². The molecule has 0 bridgehead atoms. The zero-order valence-corrected chi connectivity index (χ0v) is 18.4. The van der Waals surface area contributed by atoms with Crippen LogP contribution < -0.4 is 14.8 Å². The van der Waals surface area contributed by atoms with Gasteiger partial charge in [0.15, 0.2) is 0 Å². The molecule has 1 heterocycles. The van der Waals surface area contributed by atoms with E-state index in [4.69, 9.17) is 9.47 Å². The van der Waals surface area contributed by atoms with Gasteiger partial charge in [0, 0.05) is 25.2 Å². The lowest BCUT2D eigenvalue weighted by molar-refractivity contribution is -0.126. The standard InChI is InChI=1S/C22H28N2O5S/c1-16-13-19(10-11-20(16)28-2)30(26,27)24-12-6-8-18(15-24)22(25)23-14-17-7-4-5-9-21(17)29-3/h4-5,7,9-11,13,18H,6,8,12,14-15H2,1-3H3,(H,23,25)/t18-/m1/s1. The Morgan fingerprint density at radius 1 is 1.13 bits per heavy atom. The molecule has 2 aromatic rings. The van der Waals surface area contributed by atoms with Crippen LogP contribution in [0.4, 0.5) is 0 Å². The molecule has 0 spiro atoms. The molecule has 7 nitrogen and oxygen atoms in total. The molecule has 0 aromatic heterocycles. The smallest absolute Gasteiger partial charge is 0.243 e. The second-order valence-corrected chi connectivity index (χ2v) is 9.30. The van der Waals surface area contributed by atoms with E-state index >= 15 is 0 Å². The van der Waals surface area contributed by atoms with Crippen LogP contribution in [-0.4, -0.2) is 45.9 Å². The van der Waals surface area contributed by atoms with Gasteiger partial charge in [0.05, 0.1) is 25.0 Å². The largest absolute Gasteiger partial charge is 0.496 e. The molecule has 1 aliphatic heterocycles. The highest BCUT2D eigenvalue weighted by Crippen LogP contribution is 2.27. The lowest BCUT2D eigenvalue weighted by Crippen LogP contribution is -2.45. The topological polar surface area (TPSA) is 84.9 Å². The Bertz CT molecular complexity index is 1010. The summed E-state index contributed by atoms with van der Waals surface area (Å²) in [6.45, 7) is 2.72. The highest BCUT2D eigenvalue weighted by molar-refractivity contribution is 7.89. The van der Waals surface area contributed by atoms with E-state index in [0.29, 0.717) is 37.4 Å². The maximum Gasteiger partial charge on any atom is 0.243 e. The number of amides is 1. The third-order valence-corrected chi connectivity index (χ3v) is 7.27. The van der Waals surface area contributed by atoms with Crippen LogP contribution in [0.5, 0.6) is 11.5 Å². The van der Waals surface area contributed by atoms with Crippen LogP contribution in [0.15, 0.2) is 47.4 Å². The summed E-state index contributed by atoms with van der Waals surface area (Å²) in [5, 5.41) is 2.92. The minimum Gasteiger partial charge on any atom is -0.496 e. The van der Waals surface area contributed by atoms with Gasteiger partial charge < -0.3 is 14.8 Å². The second kappa shape index (κ2) is 9.49. The first-order valence-corrected chi connectivity index (χ1v) is 11.3. The zero-order chi connectivity index (χ0) is 21.7. The van der Waals surface area contributed by atoms with Gasteiger partial charge in [-0.3, -0.25) is 4.79 Å². The van der Waals surface area contributed by atoms with Crippen molar-refractivity contribution in [2.75, 3.05) is 27.3 Å². The number of hydrogen-bond donors (Lipinski definition) is 1. The Labute approximate surface area is 178 Å². The molecule has 2 aromatic carbocycles. The first-order valence-electron chi connectivity index (χ1n) is 9.91. The molecule has 30 heavy (non-hydrogen) atoms. The molecule has 1 atom stereocenters. The number of aryl methyl sites for hydroxylation is 1. The van der Waals surface area contributed by atoms with Gasteiger partial charge in [0.25, 0.3) is 0 Å². The number of methoxy groups -OCH3 is 2. The van der Waals surface area contributed by atoms with Crippen molar-refractivity contribution in [3.63, 3.8) is 0 Å². The van der Waals surface area contributed by atoms with Gasteiger partial charge in [-0.25, -0.2) is 8.42 Å². The lowest BCUT2D eigenvalue weighted by atomic mass is 9.98. The van der Waals surface area contributed by atoms with Crippen LogP contribution in [-0.2, 0) is 21.4 Å². The van der Waals surface area contributed by atoms with Gasteiger partial charge in [-0.2, -0.15) is 4.31 Å². The van der Waals surface area contributed by atoms with Crippen LogP contribution in [0.1, 0.15) is 24.0 Å². The van der Waals surface area contributed by atoms with Crippen LogP contribution in [0.25, 0.3) is 0 Å². The van der Waals surface area contributed by atoms with Crippen molar-refractivity contribution in [1.82, 2.24) is 9.62 Å². The van der Waals surface area contributed by atoms with Crippen molar-refractivity contribution in [2.45, 2.75) is 31.2 Å². The van der Waals surface area contributed by atoms with E-state index in [1.165, 1.54) is 4.31 Å². The van der Waals surface area contributed by atoms with E-state index in [0.717, 1.165) is 11.1 Å². The number of nitrogens with one attached hydrogen (secondary N) is 1. The Hall–Kier alpha value is -2.58. The van der Waals surface area contributed by atoms with Crippen molar-refractivity contribution in [3.8, 4) is 11.5 Å². The number of piperidine rings is 1. The fourth-order valence-electron chi connectivity index (χ4n) is 3.71. The van der Waals surface area contributed by atoms with Crippen molar-refractivity contribution >= 4 is 15.9 Å². The molecule has 0 radical (unpaired) electrons. The Morgan fingerprint density at radius 3 is 2.57 bits per heavy atom. The summed E-state index contributed by atoms with van der Waals surface area (Å²) in [4.78, 5) is 12.9. The minimum atomic E-state index is -3.68. The first-order chi connectivity index (χ1) is 14.4. The molecular weight excluding hydrogens is 404 g/mol. The van der Waals surface area contributed by atoms with Crippen molar-refractivity contribution in [1.29, 1.82) is 0 Å². The van der Waals surface area contributed by atoms with Crippen LogP contribution in [0.3, 0.4) is 0 Å². The predicted molar refractivity (Wildman–Crippen MR) is 114 cm³/mol. The Morgan fingerprint density at radius 2 is 1.87 bits per heavy atom. The monoisotopic (exact) mass is 432 g/mol. The number of para-hydroxylation sites is 1. The first kappa shape index (κ1) is 22.1. The highest BCUT2D eigenvalue weighted by atomic mass is 32.2. The molecule has 162 valence electrons. The highest BCUT2D eigenvalue weighted by Gasteiger charge is 2.33. The summed E-state index contributed by atoms with van der Waals surface area (Å²) in [6, 6.07) is 12.3. The number of nitrogens with zero attached hydrogens (tertiary/aromatic N) is 1. The van der Waals surface area contributed by atoms with Crippen LogP contribution in [0.2, 0.25) is 0 Å². The number of sulfonamides is 1. The number of hydrogen-bond acceptors (Lipinski definition) is 5. The fraction of sp³-hybridized carbons (Fsp3) is 0.409. The van der Waals surface area contributed by atoms with Crippen molar-refractivity contribution in [3.05, 3.63) is 53.6 Å². The maximum atomic E-state index is 13.1. The predicted octanol–water partition coefficient (Wildman–Crippen LogP) is 2.73. The zero-order valence-electron chi connectivity index (χ0n) is 17.6. The molecule has 1 saturated heterocycles. The van der Waals surface area contributed by atoms with Gasteiger partial charge in [-0.1, -0.05) is 18.2 Å². The third kappa shape index (κ3) is 4.76. The maximum absolute atomic E-state index is 13.1. The van der Waals surface area contributed by atoms with Gasteiger partial charge in [0.2, 0.25) is 15.9 Å². The van der Waals surface area contributed by atoms with E-state index in [-0.39, 0.29) is 23.3 Å². The summed E-state index contributed by atoms with van der Waals surface area (Å²) < 4.78 is 38.2. The molecule has 0 aliphatic carbocycles. The number of ether oxygens (including phenoxy) is 2. The molecule has 3 rings (SSSR count). The summed E-state index contributed by atoms with van der Waals surface area (Å²) >= 11 is 0. The van der Waals surface area contributed by atoms with Gasteiger partial charge in [-0.05, 0) is 49.6 Å². The molecule has 1 amide bonds. The van der Waals surface area contributed by atoms with E-state index in [1.807, 2.05) is 31.2 Å². The lowest BCUT2D eigenvalue weighted by Gasteiger charge is -2.31. The molecule has 1 N–H and O–H groups in total. The Kier molecular flexibility index (Phi) is 6.99. The van der Waals surface area contributed by atoms with Crippen molar-refractivity contribution < 1.29 is 22.7 Å². The number of carbonyl (C=O) groups is 1. The molecule has 0 saturated carbocycles. The van der Waals surface area contributed by atoms with E-state index < -0.39 is 10.0 Å². The van der Waals surface area contributed by atoms with E-state index in [2.05, 4.69) is 5.32 Å². The molecule has 1 aliphatic rings. The summed E-state index contributed by atoms with van der Waals surface area (Å²) in [6.07, 6.45) is 1.30. The average molecular weight is 433 g/mol. The summed E-state index contributed by atoms with van der Waals surface area (Å²) in [5.74, 6) is 0.816. The SMILES string of the molecule is COc1ccc(S(=O)(=O)N2CCC[C@@H](C(=O)NCc3ccccc3OC)C2)cc1C. The quantitative estimate of drug-likeness (QED) is 0.727. The number of benzene rings is 2. The number of carbonyl (C=O) groups excluding carboxylic acids is 1. The molecule has 8 heteroatoms. The molecule has 1 fully saturated rings. The fourth-order valence-corrected chi connectivity index (χ4v) is 5.32. The average Bonchev–Trinajstić information content (AvgIpc) is 2.77. The van der Waals surface area contributed by atoms with E-state index in [1.54, 1.807) is 32.4 Å². The molecular formula is C22H28N2O5S. The van der Waals surface area contributed by atoms with Gasteiger partial charge >= 0.3 is 0 Å². The second-order valence-electron chi connectivity index (χ2n) is 7.36.